The van der Waals surface area contributed by atoms with Crippen molar-refractivity contribution in [1.29, 1.82) is 0 Å². The fourth-order valence-corrected chi connectivity index (χ4v) is 6.27. The van der Waals surface area contributed by atoms with Crippen LogP contribution in [0.2, 0.25) is 0 Å². The first-order valence-electron chi connectivity index (χ1n) is 10.4. The third kappa shape index (κ3) is 4.47. The number of hydrogen-bond donors (Lipinski definition) is 2. The van der Waals surface area contributed by atoms with Crippen molar-refractivity contribution in [1.82, 2.24) is 9.97 Å². The molecule has 0 unspecified atom stereocenters. The summed E-state index contributed by atoms with van der Waals surface area (Å²) in [4.78, 5) is 34.8. The largest absolute Gasteiger partial charge is 0.326 e. The number of H-pyrrole nitrogens is 1. The Labute approximate surface area is 184 Å². The zero-order chi connectivity index (χ0) is 21.3. The predicted octanol–water partition coefficient (Wildman–Crippen LogP) is 5.05. The van der Waals surface area contributed by atoms with Crippen LogP contribution in [0, 0.1) is 20.8 Å². The zero-order valence-electron chi connectivity index (χ0n) is 17.7. The van der Waals surface area contributed by atoms with E-state index >= 15 is 0 Å². The normalized spacial score (nSPS) is 13.4. The molecule has 4 rings (SSSR count). The van der Waals surface area contributed by atoms with Crippen molar-refractivity contribution in [3.05, 3.63) is 55.4 Å². The Morgan fingerprint density at radius 1 is 1.20 bits per heavy atom. The van der Waals surface area contributed by atoms with E-state index in [0.717, 1.165) is 46.3 Å². The van der Waals surface area contributed by atoms with E-state index < -0.39 is 0 Å². The van der Waals surface area contributed by atoms with Gasteiger partial charge in [-0.05, 0) is 63.1 Å². The molecule has 3 aromatic rings. The molecule has 1 amide bonds. The number of anilines is 1. The third-order valence-electron chi connectivity index (χ3n) is 5.53. The van der Waals surface area contributed by atoms with Gasteiger partial charge in [-0.1, -0.05) is 17.7 Å². The van der Waals surface area contributed by atoms with Crippen LogP contribution in [0.1, 0.15) is 52.2 Å². The number of aromatic amines is 1. The van der Waals surface area contributed by atoms with Crippen molar-refractivity contribution in [3.63, 3.8) is 0 Å². The van der Waals surface area contributed by atoms with Crippen LogP contribution in [0.3, 0.4) is 0 Å². The molecule has 7 heteroatoms. The summed E-state index contributed by atoms with van der Waals surface area (Å²) >= 11 is 3.29. The molecule has 2 N–H and O–H groups in total. The van der Waals surface area contributed by atoms with Crippen LogP contribution in [0.5, 0.6) is 0 Å². The van der Waals surface area contributed by atoms with Crippen molar-refractivity contribution in [2.45, 2.75) is 58.6 Å². The molecule has 0 bridgehead atoms. The maximum atomic E-state index is 12.6. The first-order valence-corrected chi connectivity index (χ1v) is 12.4. The number of aryl methyl sites for hydroxylation is 5. The number of nitrogens with zero attached hydrogens (tertiary/aromatic N) is 1. The minimum absolute atomic E-state index is 0.0142. The van der Waals surface area contributed by atoms with Gasteiger partial charge in [0, 0.05) is 22.7 Å². The third-order valence-corrected chi connectivity index (χ3v) is 7.68. The quantitative estimate of drug-likeness (QED) is 0.525. The smallest absolute Gasteiger partial charge is 0.259 e. The van der Waals surface area contributed by atoms with Gasteiger partial charge in [0.1, 0.15) is 10.7 Å². The summed E-state index contributed by atoms with van der Waals surface area (Å²) < 4.78 is 0. The summed E-state index contributed by atoms with van der Waals surface area (Å²) in [6, 6.07) is 4.16. The first kappa shape index (κ1) is 21.1. The molecule has 2 aromatic heterocycles. The number of aromatic nitrogens is 2. The van der Waals surface area contributed by atoms with Crippen LogP contribution in [-0.4, -0.2) is 21.6 Å². The molecular weight excluding hydrogens is 414 g/mol. The van der Waals surface area contributed by atoms with E-state index in [1.54, 1.807) is 23.1 Å². The lowest BCUT2D eigenvalue weighted by molar-refractivity contribution is -0.115. The summed E-state index contributed by atoms with van der Waals surface area (Å²) in [7, 11) is 0. The molecule has 0 saturated heterocycles. The van der Waals surface area contributed by atoms with Crippen LogP contribution in [-0.2, 0) is 23.4 Å². The molecule has 30 heavy (non-hydrogen) atoms. The molecule has 1 aliphatic rings. The fourth-order valence-electron chi connectivity index (χ4n) is 4.19. The van der Waals surface area contributed by atoms with Crippen molar-refractivity contribution >= 4 is 44.9 Å². The molecule has 0 atom stereocenters. The number of thiophene rings is 1. The van der Waals surface area contributed by atoms with E-state index in [1.165, 1.54) is 22.4 Å². The van der Waals surface area contributed by atoms with Gasteiger partial charge in [0.25, 0.3) is 5.56 Å². The summed E-state index contributed by atoms with van der Waals surface area (Å²) in [5, 5.41) is 3.84. The number of hydrogen-bond acceptors (Lipinski definition) is 5. The predicted molar refractivity (Wildman–Crippen MR) is 127 cm³/mol. The van der Waals surface area contributed by atoms with E-state index in [9.17, 15) is 9.59 Å². The first-order chi connectivity index (χ1) is 14.4. The van der Waals surface area contributed by atoms with Gasteiger partial charge in [0.05, 0.1) is 11.1 Å². The van der Waals surface area contributed by atoms with Crippen molar-refractivity contribution in [2.24, 2.45) is 0 Å². The van der Waals surface area contributed by atoms with Crippen LogP contribution in [0.15, 0.2) is 16.9 Å². The Hall–Kier alpha value is -2.12. The number of fused-ring (bicyclic) bond motifs is 3. The Balaban J connectivity index is 1.34. The summed E-state index contributed by atoms with van der Waals surface area (Å²) in [6.07, 6.45) is 4.83. The van der Waals surface area contributed by atoms with E-state index in [2.05, 4.69) is 29.4 Å². The number of amides is 1. The molecule has 1 aromatic carbocycles. The second kappa shape index (κ2) is 8.94. The summed E-state index contributed by atoms with van der Waals surface area (Å²) in [5.74, 6) is 1.99. The molecule has 0 saturated carbocycles. The van der Waals surface area contributed by atoms with Crippen LogP contribution in [0.25, 0.3) is 10.2 Å². The SMILES string of the molecule is Cc1cc(C)c(NC(=O)CCSCc2nc3sc4c(c3c(=O)[nH]2)CCCC4)c(C)c1. The highest BCUT2D eigenvalue weighted by atomic mass is 32.2. The van der Waals surface area contributed by atoms with Gasteiger partial charge in [-0.3, -0.25) is 9.59 Å². The topological polar surface area (TPSA) is 74.8 Å². The number of nitrogens with one attached hydrogen (secondary N) is 2. The van der Waals surface area contributed by atoms with Gasteiger partial charge < -0.3 is 10.3 Å². The average molecular weight is 442 g/mol. The van der Waals surface area contributed by atoms with Gasteiger partial charge in [-0.2, -0.15) is 11.8 Å². The number of thioether (sulfide) groups is 1. The second-order valence-electron chi connectivity index (χ2n) is 8.03. The van der Waals surface area contributed by atoms with Gasteiger partial charge in [-0.15, -0.1) is 11.3 Å². The zero-order valence-corrected chi connectivity index (χ0v) is 19.3. The monoisotopic (exact) mass is 441 g/mol. The minimum atomic E-state index is -0.0157. The molecule has 0 spiro atoms. The highest BCUT2D eigenvalue weighted by molar-refractivity contribution is 7.98. The molecule has 158 valence electrons. The maximum Gasteiger partial charge on any atom is 0.259 e. The molecular formula is C23H27N3O2S2. The van der Waals surface area contributed by atoms with Gasteiger partial charge >= 0.3 is 0 Å². The number of benzene rings is 1. The summed E-state index contributed by atoms with van der Waals surface area (Å²) in [5.41, 5.74) is 5.48. The molecule has 2 heterocycles. The Bertz CT molecular complexity index is 1140. The lowest BCUT2D eigenvalue weighted by Crippen LogP contribution is -2.15. The van der Waals surface area contributed by atoms with Crippen LogP contribution < -0.4 is 10.9 Å². The maximum absolute atomic E-state index is 12.6. The molecule has 1 aliphatic carbocycles. The van der Waals surface area contributed by atoms with Gasteiger partial charge in [0.2, 0.25) is 5.91 Å². The van der Waals surface area contributed by atoms with Crippen molar-refractivity contribution in [2.75, 3.05) is 11.1 Å². The van der Waals surface area contributed by atoms with Crippen molar-refractivity contribution < 1.29 is 4.79 Å². The second-order valence-corrected chi connectivity index (χ2v) is 10.2. The van der Waals surface area contributed by atoms with Gasteiger partial charge in [0.15, 0.2) is 0 Å². The van der Waals surface area contributed by atoms with E-state index in [4.69, 9.17) is 4.98 Å². The van der Waals surface area contributed by atoms with E-state index in [-0.39, 0.29) is 11.5 Å². The number of carbonyl (C=O) groups is 1. The highest BCUT2D eigenvalue weighted by Crippen LogP contribution is 2.33. The van der Waals surface area contributed by atoms with Crippen LogP contribution in [0.4, 0.5) is 5.69 Å². The minimum Gasteiger partial charge on any atom is -0.326 e. The number of rotatable bonds is 6. The molecule has 0 fully saturated rings. The highest BCUT2D eigenvalue weighted by Gasteiger charge is 2.19. The van der Waals surface area contributed by atoms with E-state index in [1.807, 2.05) is 13.8 Å². The number of carbonyl (C=O) groups excluding carboxylic acids is 1. The van der Waals surface area contributed by atoms with Gasteiger partial charge in [-0.25, -0.2) is 4.98 Å². The lowest BCUT2D eigenvalue weighted by atomic mass is 9.97. The average Bonchev–Trinajstić information content (AvgIpc) is 3.07. The van der Waals surface area contributed by atoms with Crippen LogP contribution >= 0.6 is 23.1 Å². The van der Waals surface area contributed by atoms with E-state index in [0.29, 0.717) is 23.8 Å². The fraction of sp³-hybridized carbons (Fsp3) is 0.435. The Morgan fingerprint density at radius 3 is 2.70 bits per heavy atom. The molecule has 0 radical (unpaired) electrons. The molecule has 5 nitrogen and oxygen atoms in total. The Kier molecular flexibility index (Phi) is 6.29. The summed E-state index contributed by atoms with van der Waals surface area (Å²) in [6.45, 7) is 6.10. The molecule has 0 aliphatic heterocycles. The van der Waals surface area contributed by atoms with Crippen molar-refractivity contribution in [3.8, 4) is 0 Å². The standard InChI is InChI=1S/C23H27N3O2S2/c1-13-10-14(2)21(15(3)11-13)26-19(27)8-9-29-12-18-24-22(28)20-16-6-4-5-7-17(16)30-23(20)25-18/h10-11H,4-9,12H2,1-3H3,(H,26,27)(H,24,25,28). The lowest BCUT2D eigenvalue weighted by Gasteiger charge is -2.12. The Morgan fingerprint density at radius 2 is 1.93 bits per heavy atom.